The van der Waals surface area contributed by atoms with E-state index in [4.69, 9.17) is 4.42 Å². The maximum Gasteiger partial charge on any atom is 0.297 e. The van der Waals surface area contributed by atoms with Crippen molar-refractivity contribution >= 4 is 79.2 Å². The van der Waals surface area contributed by atoms with Gasteiger partial charge in [-0.3, -0.25) is 4.98 Å². The zero-order valence-electron chi connectivity index (χ0n) is 31.7. The first-order chi connectivity index (χ1) is 26.1. The van der Waals surface area contributed by atoms with E-state index in [1.807, 2.05) is 12.4 Å². The van der Waals surface area contributed by atoms with Crippen molar-refractivity contribution in [3.05, 3.63) is 157 Å². The molecule has 0 spiro atoms. The summed E-state index contributed by atoms with van der Waals surface area (Å²) in [5, 5.41) is 3.41. The number of rotatable bonds is 3. The van der Waals surface area contributed by atoms with Gasteiger partial charge in [-0.1, -0.05) is 120 Å². The molecular formula is C49H42BN3O. The van der Waals surface area contributed by atoms with Crippen molar-refractivity contribution < 1.29 is 4.42 Å². The van der Waals surface area contributed by atoms with Gasteiger partial charge in [-0.05, 0) is 98.6 Å². The van der Waals surface area contributed by atoms with E-state index < -0.39 is 0 Å². The second-order valence-electron chi connectivity index (χ2n) is 16.9. The summed E-state index contributed by atoms with van der Waals surface area (Å²) in [6, 6.07) is 49.1. The maximum absolute atomic E-state index is 7.16. The van der Waals surface area contributed by atoms with Crippen LogP contribution in [0, 0.1) is 0 Å². The summed E-state index contributed by atoms with van der Waals surface area (Å²) in [6.07, 6.45) is 3.88. The van der Waals surface area contributed by atoms with Gasteiger partial charge in [0.1, 0.15) is 5.58 Å². The highest BCUT2D eigenvalue weighted by atomic mass is 16.3. The molecule has 262 valence electrons. The van der Waals surface area contributed by atoms with E-state index in [1.165, 1.54) is 44.3 Å². The maximum atomic E-state index is 7.16. The summed E-state index contributed by atoms with van der Waals surface area (Å²) < 4.78 is 7.16. The molecule has 6 aromatic carbocycles. The highest BCUT2D eigenvalue weighted by Gasteiger charge is 2.47. The van der Waals surface area contributed by atoms with Crippen LogP contribution < -0.4 is 26.4 Å². The Morgan fingerprint density at radius 3 is 1.98 bits per heavy atom. The molecule has 8 aromatic rings. The van der Waals surface area contributed by atoms with Gasteiger partial charge in [-0.2, -0.15) is 0 Å². The zero-order valence-corrected chi connectivity index (χ0v) is 31.7. The molecule has 0 atom stereocenters. The van der Waals surface area contributed by atoms with E-state index in [0.717, 1.165) is 50.5 Å². The lowest BCUT2D eigenvalue weighted by atomic mass is 9.35. The van der Waals surface area contributed by atoms with Crippen LogP contribution >= 0.6 is 0 Å². The van der Waals surface area contributed by atoms with Crippen molar-refractivity contribution in [3.8, 4) is 11.1 Å². The molecular weight excluding hydrogens is 657 g/mol. The largest absolute Gasteiger partial charge is 0.468 e. The third-order valence-electron chi connectivity index (χ3n) is 11.4. The van der Waals surface area contributed by atoms with Crippen molar-refractivity contribution in [2.75, 3.05) is 9.80 Å². The minimum Gasteiger partial charge on any atom is -0.468 e. The molecule has 0 bridgehead atoms. The van der Waals surface area contributed by atoms with Crippen LogP contribution in [-0.4, -0.2) is 11.7 Å². The van der Waals surface area contributed by atoms with E-state index in [-0.39, 0.29) is 17.5 Å². The lowest BCUT2D eigenvalue weighted by molar-refractivity contribution is 0.590. The standard InChI is InChI=1S/C49H42BN3O/c1-48(2,3)34-21-18-31(19-22-34)32-12-10-15-37(28-32)53-42-17-11-16-41-44(42)50(47-46(53)39-29-35(49(4,5)6)23-25-43(39)54-47)40-24-20-33-30-51-27-26-38(33)45(40)52(41)36-13-8-7-9-14-36/h7-30H,1-6H3. The van der Waals surface area contributed by atoms with Crippen LogP contribution in [0.5, 0.6) is 0 Å². The van der Waals surface area contributed by atoms with Crippen molar-refractivity contribution in [1.82, 2.24) is 4.98 Å². The lowest BCUT2D eigenvalue weighted by Crippen LogP contribution is -2.61. The van der Waals surface area contributed by atoms with E-state index >= 15 is 0 Å². The topological polar surface area (TPSA) is 32.5 Å². The van der Waals surface area contributed by atoms with Gasteiger partial charge < -0.3 is 14.2 Å². The summed E-state index contributed by atoms with van der Waals surface area (Å²) in [5.74, 6) is 0. The molecule has 0 amide bonds. The van der Waals surface area contributed by atoms with Gasteiger partial charge in [0, 0.05) is 57.0 Å². The first kappa shape index (κ1) is 32.6. The van der Waals surface area contributed by atoms with Crippen LogP contribution in [0.25, 0.3) is 32.9 Å². The molecule has 2 aromatic heterocycles. The Bertz CT molecular complexity index is 2750. The Morgan fingerprint density at radius 1 is 0.556 bits per heavy atom. The first-order valence-electron chi connectivity index (χ1n) is 19.0. The summed E-state index contributed by atoms with van der Waals surface area (Å²) in [5.41, 5.74) is 16.2. The van der Waals surface area contributed by atoms with Gasteiger partial charge in [0.2, 0.25) is 0 Å². The van der Waals surface area contributed by atoms with Gasteiger partial charge in [0.05, 0.1) is 11.3 Å². The van der Waals surface area contributed by atoms with Crippen LogP contribution in [0.3, 0.4) is 0 Å². The smallest absolute Gasteiger partial charge is 0.297 e. The molecule has 10 rings (SSSR count). The average molecular weight is 700 g/mol. The van der Waals surface area contributed by atoms with E-state index in [9.17, 15) is 0 Å². The van der Waals surface area contributed by atoms with Crippen LogP contribution in [0.1, 0.15) is 52.7 Å². The second-order valence-corrected chi connectivity index (χ2v) is 16.9. The van der Waals surface area contributed by atoms with Gasteiger partial charge >= 0.3 is 0 Å². The first-order valence-corrected chi connectivity index (χ1v) is 19.0. The Kier molecular flexibility index (Phi) is 7.07. The fourth-order valence-electron chi connectivity index (χ4n) is 8.64. The molecule has 4 heterocycles. The average Bonchev–Trinajstić information content (AvgIpc) is 3.56. The number of hydrogen-bond acceptors (Lipinski definition) is 4. The third-order valence-corrected chi connectivity index (χ3v) is 11.4. The third kappa shape index (κ3) is 4.95. The van der Waals surface area contributed by atoms with Crippen molar-refractivity contribution in [3.63, 3.8) is 0 Å². The predicted octanol–water partition coefficient (Wildman–Crippen LogP) is 11.3. The molecule has 4 nitrogen and oxygen atoms in total. The number of pyridine rings is 1. The van der Waals surface area contributed by atoms with E-state index in [2.05, 4.69) is 190 Å². The highest BCUT2D eigenvalue weighted by Crippen LogP contribution is 2.48. The van der Waals surface area contributed by atoms with Gasteiger partial charge in [0.25, 0.3) is 6.71 Å². The van der Waals surface area contributed by atoms with Crippen LogP contribution in [0.2, 0.25) is 0 Å². The lowest BCUT2D eigenvalue weighted by Gasteiger charge is -2.42. The molecule has 0 aliphatic carbocycles. The van der Waals surface area contributed by atoms with Crippen LogP contribution in [0.4, 0.5) is 34.1 Å². The normalized spacial score (nSPS) is 13.6. The molecule has 2 aliphatic rings. The molecule has 54 heavy (non-hydrogen) atoms. The predicted molar refractivity (Wildman–Crippen MR) is 228 cm³/mol. The zero-order chi connectivity index (χ0) is 36.9. The summed E-state index contributed by atoms with van der Waals surface area (Å²) in [7, 11) is 0. The Hall–Kier alpha value is -6.07. The fourth-order valence-corrected chi connectivity index (χ4v) is 8.64. The molecule has 5 heteroatoms. The van der Waals surface area contributed by atoms with E-state index in [0.29, 0.717) is 0 Å². The molecule has 0 saturated carbocycles. The minimum atomic E-state index is -0.117. The van der Waals surface area contributed by atoms with Crippen LogP contribution in [-0.2, 0) is 10.8 Å². The number of para-hydroxylation sites is 1. The Balaban J connectivity index is 1.27. The molecule has 0 saturated heterocycles. The van der Waals surface area contributed by atoms with Gasteiger partial charge in [0.15, 0.2) is 0 Å². The number of anilines is 6. The van der Waals surface area contributed by atoms with Crippen molar-refractivity contribution in [2.24, 2.45) is 0 Å². The number of aromatic nitrogens is 1. The number of hydrogen-bond donors (Lipinski definition) is 0. The van der Waals surface area contributed by atoms with Crippen molar-refractivity contribution in [2.45, 2.75) is 52.4 Å². The quantitative estimate of drug-likeness (QED) is 0.172. The summed E-state index contributed by atoms with van der Waals surface area (Å²) >= 11 is 0. The van der Waals surface area contributed by atoms with Crippen LogP contribution in [0.15, 0.2) is 150 Å². The summed E-state index contributed by atoms with van der Waals surface area (Å²) in [4.78, 5) is 9.42. The Labute approximate surface area is 317 Å². The number of nitrogens with zero attached hydrogens (tertiary/aromatic N) is 3. The minimum absolute atomic E-state index is 0.0252. The molecule has 0 N–H and O–H groups in total. The molecule has 0 unspecified atom stereocenters. The second kappa shape index (κ2) is 11.7. The van der Waals surface area contributed by atoms with Gasteiger partial charge in [-0.15, -0.1) is 0 Å². The highest BCUT2D eigenvalue weighted by molar-refractivity contribution is 7.00. The summed E-state index contributed by atoms with van der Waals surface area (Å²) in [6.45, 7) is 13.5. The SMILES string of the molecule is CC(C)(C)c1ccc(-c2cccc(N3c4cccc5c4B(c4ccc6cnccc6c4N5c4ccccc4)c4oc5ccc(C(C)(C)C)cc5c43)c2)cc1. The number of furan rings is 1. The van der Waals surface area contributed by atoms with E-state index in [1.54, 1.807) is 0 Å². The monoisotopic (exact) mass is 699 g/mol. The fraction of sp³-hybridized carbons (Fsp3) is 0.163. The number of fused-ring (bicyclic) bond motifs is 8. The van der Waals surface area contributed by atoms with Gasteiger partial charge in [-0.25, -0.2) is 0 Å². The van der Waals surface area contributed by atoms with Crippen molar-refractivity contribution in [1.29, 1.82) is 0 Å². The molecule has 0 radical (unpaired) electrons. The number of benzene rings is 6. The molecule has 0 fully saturated rings. The molecule has 2 aliphatic heterocycles. The Morgan fingerprint density at radius 2 is 1.24 bits per heavy atom.